The van der Waals surface area contributed by atoms with Gasteiger partial charge in [0.15, 0.2) is 5.82 Å². The summed E-state index contributed by atoms with van der Waals surface area (Å²) in [4.78, 5) is 53.2. The lowest BCUT2D eigenvalue weighted by molar-refractivity contribution is -0.393. The zero-order chi connectivity index (χ0) is 29.8. The summed E-state index contributed by atoms with van der Waals surface area (Å²) in [5.41, 5.74) is 1.99. The van der Waals surface area contributed by atoms with Crippen LogP contribution in [-0.2, 0) is 0 Å². The minimum absolute atomic E-state index is 0.0751. The fraction of sp³-hybridized carbons (Fsp3) is 0. The van der Waals surface area contributed by atoms with Gasteiger partial charge in [-0.25, -0.2) is 4.98 Å². The molecular formula is C29H19ClN6O6. The van der Waals surface area contributed by atoms with Crippen LogP contribution in [0.4, 0.5) is 17.1 Å². The summed E-state index contributed by atoms with van der Waals surface area (Å²) in [5, 5.41) is 26.5. The van der Waals surface area contributed by atoms with Crippen LogP contribution in [0.5, 0.6) is 0 Å². The molecule has 0 radical (unpaired) electrons. The van der Waals surface area contributed by atoms with Crippen molar-refractivity contribution in [2.45, 2.75) is 0 Å². The van der Waals surface area contributed by atoms with Gasteiger partial charge in [0.2, 0.25) is 0 Å². The van der Waals surface area contributed by atoms with Crippen molar-refractivity contribution >= 4 is 57.2 Å². The van der Waals surface area contributed by atoms with Crippen LogP contribution in [0.3, 0.4) is 0 Å². The number of halogens is 1. The van der Waals surface area contributed by atoms with Crippen LogP contribution in [0.15, 0.2) is 102 Å². The number of carbonyl (C=O) groups excluding carboxylic acids is 1. The molecule has 0 unspecified atom stereocenters. The molecule has 2 N–H and O–H groups in total. The van der Waals surface area contributed by atoms with E-state index in [0.717, 1.165) is 22.9 Å². The first-order chi connectivity index (χ1) is 20.2. The molecule has 0 aliphatic rings. The fourth-order valence-electron chi connectivity index (χ4n) is 4.08. The quantitative estimate of drug-likeness (QED) is 0.175. The van der Waals surface area contributed by atoms with E-state index in [0.29, 0.717) is 21.7 Å². The molecule has 0 saturated heterocycles. The maximum Gasteiger partial charge on any atom is 0.300 e. The number of rotatable bonds is 8. The summed E-state index contributed by atoms with van der Waals surface area (Å²) in [6.07, 6.45) is 1.57. The summed E-state index contributed by atoms with van der Waals surface area (Å²) in [6, 6.07) is 24.4. The SMILES string of the molecule is O=C(N/C(=C\c1ccc(Cl)cc1)c1nc2ccccc2c(=O)n1Nc1ccc([N+](=O)[O-])cc1[N+](=O)[O-])c1ccccc1. The molecule has 4 aromatic carbocycles. The number of nitro groups is 2. The maximum absolute atomic E-state index is 13.8. The number of para-hydroxylation sites is 1. The van der Waals surface area contributed by atoms with Gasteiger partial charge in [-0.3, -0.25) is 35.2 Å². The molecule has 0 spiro atoms. The number of aromatic nitrogens is 2. The first-order valence-electron chi connectivity index (χ1n) is 12.3. The number of amides is 1. The van der Waals surface area contributed by atoms with Crippen LogP contribution in [0, 0.1) is 20.2 Å². The molecule has 42 heavy (non-hydrogen) atoms. The summed E-state index contributed by atoms with van der Waals surface area (Å²) >= 11 is 6.05. The van der Waals surface area contributed by atoms with Crippen molar-refractivity contribution in [1.82, 2.24) is 15.0 Å². The highest BCUT2D eigenvalue weighted by atomic mass is 35.5. The molecule has 5 aromatic rings. The molecule has 0 aliphatic carbocycles. The Hall–Kier alpha value is -5.88. The predicted molar refractivity (Wildman–Crippen MR) is 158 cm³/mol. The standard InChI is InChI=1S/C29H19ClN6O6/c30-20-12-10-18(11-13-20)16-25(32-28(37)19-6-2-1-3-7-19)27-31-23-9-5-4-8-22(23)29(38)34(27)33-24-15-14-21(35(39)40)17-26(24)36(41)42/h1-17,33H,(H,32,37)/b25-16-. The van der Waals surface area contributed by atoms with E-state index in [9.17, 15) is 29.8 Å². The van der Waals surface area contributed by atoms with Crippen molar-refractivity contribution in [2.75, 3.05) is 5.43 Å². The lowest BCUT2D eigenvalue weighted by atomic mass is 10.1. The first kappa shape index (κ1) is 27.7. The minimum atomic E-state index is -0.809. The third-order valence-electron chi connectivity index (χ3n) is 6.10. The van der Waals surface area contributed by atoms with Crippen molar-refractivity contribution in [3.63, 3.8) is 0 Å². The molecule has 5 rings (SSSR count). The number of benzene rings is 4. The molecule has 1 amide bonds. The normalized spacial score (nSPS) is 11.2. The number of nitro benzene ring substituents is 2. The zero-order valence-electron chi connectivity index (χ0n) is 21.4. The van der Waals surface area contributed by atoms with Crippen LogP contribution in [-0.4, -0.2) is 25.4 Å². The van der Waals surface area contributed by atoms with Gasteiger partial charge < -0.3 is 5.32 Å². The number of non-ortho nitro benzene ring substituents is 1. The highest BCUT2D eigenvalue weighted by Crippen LogP contribution is 2.29. The maximum atomic E-state index is 13.8. The van der Waals surface area contributed by atoms with Gasteiger partial charge in [-0.2, -0.15) is 4.68 Å². The lowest BCUT2D eigenvalue weighted by Gasteiger charge is -2.18. The van der Waals surface area contributed by atoms with Gasteiger partial charge in [0.25, 0.3) is 17.2 Å². The molecule has 208 valence electrons. The van der Waals surface area contributed by atoms with Crippen LogP contribution >= 0.6 is 11.6 Å². The molecule has 0 atom stereocenters. The van der Waals surface area contributed by atoms with Gasteiger partial charge in [-0.15, -0.1) is 0 Å². The van der Waals surface area contributed by atoms with E-state index >= 15 is 0 Å². The number of hydrogen-bond donors (Lipinski definition) is 2. The van der Waals surface area contributed by atoms with E-state index in [-0.39, 0.29) is 22.6 Å². The van der Waals surface area contributed by atoms with Gasteiger partial charge in [0.1, 0.15) is 5.69 Å². The molecule has 0 aliphatic heterocycles. The molecule has 1 heterocycles. The molecule has 0 bridgehead atoms. The Kier molecular flexibility index (Phi) is 7.71. The van der Waals surface area contributed by atoms with Crippen molar-refractivity contribution in [3.05, 3.63) is 150 Å². The van der Waals surface area contributed by atoms with Crippen LogP contribution in [0.1, 0.15) is 21.7 Å². The molecular weight excluding hydrogens is 564 g/mol. The van der Waals surface area contributed by atoms with E-state index < -0.39 is 32.7 Å². The Morgan fingerprint density at radius 1 is 0.881 bits per heavy atom. The number of nitrogens with zero attached hydrogens (tertiary/aromatic N) is 4. The van der Waals surface area contributed by atoms with Crippen LogP contribution < -0.4 is 16.3 Å². The van der Waals surface area contributed by atoms with E-state index in [1.165, 1.54) is 6.07 Å². The molecule has 13 heteroatoms. The largest absolute Gasteiger partial charge is 0.319 e. The predicted octanol–water partition coefficient (Wildman–Crippen LogP) is 5.67. The number of hydrogen-bond acceptors (Lipinski definition) is 8. The van der Waals surface area contributed by atoms with Gasteiger partial charge in [0, 0.05) is 16.7 Å². The van der Waals surface area contributed by atoms with Gasteiger partial charge in [-0.1, -0.05) is 54.1 Å². The number of fused-ring (bicyclic) bond motifs is 1. The number of anilines is 1. The monoisotopic (exact) mass is 582 g/mol. The van der Waals surface area contributed by atoms with Crippen molar-refractivity contribution < 1.29 is 14.6 Å². The Labute approximate surface area is 241 Å². The number of carbonyl (C=O) groups is 1. The van der Waals surface area contributed by atoms with E-state index in [1.54, 1.807) is 78.9 Å². The third-order valence-corrected chi connectivity index (χ3v) is 6.35. The van der Waals surface area contributed by atoms with Gasteiger partial charge in [0.05, 0.1) is 32.5 Å². The Morgan fingerprint density at radius 2 is 1.57 bits per heavy atom. The molecule has 0 saturated carbocycles. The van der Waals surface area contributed by atoms with Crippen LogP contribution in [0.25, 0.3) is 22.7 Å². The molecule has 1 aromatic heterocycles. The van der Waals surface area contributed by atoms with Crippen molar-refractivity contribution in [2.24, 2.45) is 0 Å². The number of nitrogens with one attached hydrogen (secondary N) is 2. The Morgan fingerprint density at radius 3 is 2.26 bits per heavy atom. The van der Waals surface area contributed by atoms with E-state index in [1.807, 2.05) is 0 Å². The second kappa shape index (κ2) is 11.7. The minimum Gasteiger partial charge on any atom is -0.319 e. The molecule has 12 nitrogen and oxygen atoms in total. The highest BCUT2D eigenvalue weighted by molar-refractivity contribution is 6.30. The summed E-state index contributed by atoms with van der Waals surface area (Å²) in [6.45, 7) is 0. The summed E-state index contributed by atoms with van der Waals surface area (Å²) in [5.74, 6) is -0.600. The highest BCUT2D eigenvalue weighted by Gasteiger charge is 2.23. The first-order valence-corrected chi connectivity index (χ1v) is 12.6. The summed E-state index contributed by atoms with van der Waals surface area (Å²) < 4.78 is 0.948. The van der Waals surface area contributed by atoms with Gasteiger partial charge >= 0.3 is 5.69 Å². The fourth-order valence-corrected chi connectivity index (χ4v) is 4.21. The van der Waals surface area contributed by atoms with Crippen molar-refractivity contribution in [3.8, 4) is 0 Å². The Balaban J connectivity index is 1.73. The third kappa shape index (κ3) is 5.83. The lowest BCUT2D eigenvalue weighted by Crippen LogP contribution is -2.34. The summed E-state index contributed by atoms with van der Waals surface area (Å²) in [7, 11) is 0. The van der Waals surface area contributed by atoms with Gasteiger partial charge in [-0.05, 0) is 54.1 Å². The van der Waals surface area contributed by atoms with Crippen molar-refractivity contribution in [1.29, 1.82) is 0 Å². The van der Waals surface area contributed by atoms with Crippen LogP contribution in [0.2, 0.25) is 5.02 Å². The topological polar surface area (TPSA) is 162 Å². The molecule has 0 fully saturated rings. The average Bonchev–Trinajstić information content (AvgIpc) is 2.99. The Bertz CT molecular complexity index is 1940. The van der Waals surface area contributed by atoms with E-state index in [2.05, 4.69) is 15.7 Å². The zero-order valence-corrected chi connectivity index (χ0v) is 22.2. The smallest absolute Gasteiger partial charge is 0.300 e. The second-order valence-electron chi connectivity index (χ2n) is 8.85. The second-order valence-corrected chi connectivity index (χ2v) is 9.29. The van der Waals surface area contributed by atoms with E-state index in [4.69, 9.17) is 11.6 Å². The average molecular weight is 583 g/mol.